The summed E-state index contributed by atoms with van der Waals surface area (Å²) < 4.78 is 52.9. The molecule has 0 aromatic heterocycles. The smallest absolute Gasteiger partial charge is 0.243 e. The highest BCUT2D eigenvalue weighted by atomic mass is 32.2. The first kappa shape index (κ1) is 14.4. The SMILES string of the molecule is NC[C@@H]1CCC[C@@H]1NS(=O)(=O)c1ccc(F)cc1F. The summed E-state index contributed by atoms with van der Waals surface area (Å²) in [5.41, 5.74) is 5.57. The summed E-state index contributed by atoms with van der Waals surface area (Å²) in [5.74, 6) is -1.83. The van der Waals surface area contributed by atoms with Crippen molar-refractivity contribution in [3.8, 4) is 0 Å². The summed E-state index contributed by atoms with van der Waals surface area (Å²) in [6.45, 7) is 0.388. The van der Waals surface area contributed by atoms with Crippen LogP contribution >= 0.6 is 0 Å². The van der Waals surface area contributed by atoms with Gasteiger partial charge in [0.25, 0.3) is 0 Å². The molecule has 1 aliphatic rings. The molecule has 19 heavy (non-hydrogen) atoms. The number of nitrogens with one attached hydrogen (secondary N) is 1. The van der Waals surface area contributed by atoms with Gasteiger partial charge in [0.1, 0.15) is 16.5 Å². The molecule has 2 atom stereocenters. The Morgan fingerprint density at radius 1 is 1.32 bits per heavy atom. The zero-order valence-electron chi connectivity index (χ0n) is 10.3. The third kappa shape index (κ3) is 3.10. The second kappa shape index (κ2) is 5.52. The molecule has 0 bridgehead atoms. The lowest BCUT2D eigenvalue weighted by Crippen LogP contribution is -2.40. The fourth-order valence-corrected chi connectivity index (χ4v) is 3.83. The predicted molar refractivity (Wildman–Crippen MR) is 66.9 cm³/mol. The van der Waals surface area contributed by atoms with Crippen molar-refractivity contribution in [1.82, 2.24) is 4.72 Å². The van der Waals surface area contributed by atoms with Crippen LogP contribution in [0.1, 0.15) is 19.3 Å². The maximum absolute atomic E-state index is 13.5. The van der Waals surface area contributed by atoms with Crippen LogP contribution in [0.25, 0.3) is 0 Å². The standard InChI is InChI=1S/C12H16F2N2O2S/c13-9-4-5-12(10(14)6-9)19(17,18)16-11-3-1-2-8(11)7-15/h4-6,8,11,16H,1-3,7,15H2/t8-,11-/m0/s1. The first-order valence-corrected chi connectivity index (χ1v) is 7.60. The molecule has 0 aliphatic heterocycles. The van der Waals surface area contributed by atoms with Gasteiger partial charge in [-0.15, -0.1) is 0 Å². The molecule has 1 aliphatic carbocycles. The molecule has 7 heteroatoms. The van der Waals surface area contributed by atoms with E-state index in [1.807, 2.05) is 0 Å². The van der Waals surface area contributed by atoms with Crippen LogP contribution in [0.5, 0.6) is 0 Å². The van der Waals surface area contributed by atoms with Gasteiger partial charge < -0.3 is 5.73 Å². The highest BCUT2D eigenvalue weighted by Gasteiger charge is 2.31. The molecule has 0 spiro atoms. The highest BCUT2D eigenvalue weighted by molar-refractivity contribution is 7.89. The minimum atomic E-state index is -3.98. The average molecular weight is 290 g/mol. The van der Waals surface area contributed by atoms with Crippen LogP contribution in [0.3, 0.4) is 0 Å². The molecule has 1 aromatic rings. The Bertz CT molecular complexity index is 563. The Morgan fingerprint density at radius 3 is 2.68 bits per heavy atom. The van der Waals surface area contributed by atoms with E-state index in [1.54, 1.807) is 0 Å². The number of benzene rings is 1. The fourth-order valence-electron chi connectivity index (χ4n) is 2.43. The summed E-state index contributed by atoms with van der Waals surface area (Å²) in [5, 5.41) is 0. The Labute approximate surface area is 111 Å². The van der Waals surface area contributed by atoms with E-state index in [4.69, 9.17) is 5.73 Å². The average Bonchev–Trinajstić information content (AvgIpc) is 2.74. The van der Waals surface area contributed by atoms with Crippen molar-refractivity contribution in [1.29, 1.82) is 0 Å². The number of halogens is 2. The zero-order valence-corrected chi connectivity index (χ0v) is 11.1. The Balaban J connectivity index is 2.23. The van der Waals surface area contributed by atoms with Crippen molar-refractivity contribution in [3.05, 3.63) is 29.8 Å². The van der Waals surface area contributed by atoms with Gasteiger partial charge >= 0.3 is 0 Å². The predicted octanol–water partition coefficient (Wildman–Crippen LogP) is 1.37. The molecule has 0 unspecified atom stereocenters. The van der Waals surface area contributed by atoms with Crippen LogP contribution in [-0.2, 0) is 10.0 Å². The quantitative estimate of drug-likeness (QED) is 0.879. The molecule has 3 N–H and O–H groups in total. The van der Waals surface area contributed by atoms with Gasteiger partial charge in [0.05, 0.1) is 0 Å². The molecule has 0 amide bonds. The van der Waals surface area contributed by atoms with E-state index >= 15 is 0 Å². The molecule has 2 rings (SSSR count). The van der Waals surface area contributed by atoms with E-state index in [2.05, 4.69) is 4.72 Å². The molecule has 1 aromatic carbocycles. The van der Waals surface area contributed by atoms with Crippen LogP contribution in [-0.4, -0.2) is 21.0 Å². The monoisotopic (exact) mass is 290 g/mol. The number of rotatable bonds is 4. The van der Waals surface area contributed by atoms with E-state index in [0.29, 0.717) is 19.0 Å². The minimum Gasteiger partial charge on any atom is -0.330 e. The third-order valence-electron chi connectivity index (χ3n) is 3.45. The summed E-state index contributed by atoms with van der Waals surface area (Å²) in [7, 11) is -3.98. The van der Waals surface area contributed by atoms with Crippen LogP contribution in [0.4, 0.5) is 8.78 Å². The van der Waals surface area contributed by atoms with Crippen LogP contribution in [0, 0.1) is 17.6 Å². The van der Waals surface area contributed by atoms with E-state index < -0.39 is 26.6 Å². The molecular weight excluding hydrogens is 274 g/mol. The van der Waals surface area contributed by atoms with Gasteiger partial charge in [-0.2, -0.15) is 0 Å². The Hall–Kier alpha value is -1.05. The summed E-state index contributed by atoms with van der Waals surface area (Å²) in [6.07, 6.45) is 2.43. The van der Waals surface area contributed by atoms with Crippen LogP contribution < -0.4 is 10.5 Å². The van der Waals surface area contributed by atoms with Crippen molar-refractivity contribution in [2.75, 3.05) is 6.54 Å². The van der Waals surface area contributed by atoms with Crippen molar-refractivity contribution >= 4 is 10.0 Å². The molecule has 4 nitrogen and oxygen atoms in total. The van der Waals surface area contributed by atoms with Gasteiger partial charge in [-0.05, 0) is 37.4 Å². The summed E-state index contributed by atoms with van der Waals surface area (Å²) in [6, 6.07) is 2.13. The van der Waals surface area contributed by atoms with E-state index in [0.717, 1.165) is 25.0 Å². The largest absolute Gasteiger partial charge is 0.330 e. The van der Waals surface area contributed by atoms with E-state index in [1.165, 1.54) is 0 Å². The summed E-state index contributed by atoms with van der Waals surface area (Å²) >= 11 is 0. The minimum absolute atomic E-state index is 0.0679. The second-order valence-corrected chi connectivity index (χ2v) is 6.41. The van der Waals surface area contributed by atoms with Gasteiger partial charge in [-0.25, -0.2) is 21.9 Å². The molecule has 0 heterocycles. The van der Waals surface area contributed by atoms with Crippen LogP contribution in [0.15, 0.2) is 23.1 Å². The first-order chi connectivity index (χ1) is 8.94. The van der Waals surface area contributed by atoms with Crippen molar-refractivity contribution < 1.29 is 17.2 Å². The Morgan fingerprint density at radius 2 is 2.05 bits per heavy atom. The topological polar surface area (TPSA) is 72.2 Å². The van der Waals surface area contributed by atoms with Gasteiger partial charge in [0, 0.05) is 12.1 Å². The number of hydrogen-bond acceptors (Lipinski definition) is 3. The molecule has 0 radical (unpaired) electrons. The maximum Gasteiger partial charge on any atom is 0.243 e. The van der Waals surface area contributed by atoms with E-state index in [-0.39, 0.29) is 12.0 Å². The molecular formula is C12H16F2N2O2S. The molecule has 1 saturated carbocycles. The lowest BCUT2D eigenvalue weighted by atomic mass is 10.1. The van der Waals surface area contributed by atoms with Gasteiger partial charge in [0.15, 0.2) is 0 Å². The molecule has 0 saturated heterocycles. The van der Waals surface area contributed by atoms with E-state index in [9.17, 15) is 17.2 Å². The third-order valence-corrected chi connectivity index (χ3v) is 4.97. The normalized spacial score (nSPS) is 23.7. The summed E-state index contributed by atoms with van der Waals surface area (Å²) in [4.78, 5) is -0.531. The van der Waals surface area contributed by atoms with Gasteiger partial charge in [-0.1, -0.05) is 6.42 Å². The lowest BCUT2D eigenvalue weighted by Gasteiger charge is -2.19. The Kier molecular flexibility index (Phi) is 4.17. The molecule has 1 fully saturated rings. The highest BCUT2D eigenvalue weighted by Crippen LogP contribution is 2.26. The van der Waals surface area contributed by atoms with Crippen molar-refractivity contribution in [2.24, 2.45) is 11.7 Å². The van der Waals surface area contributed by atoms with Crippen molar-refractivity contribution in [3.63, 3.8) is 0 Å². The maximum atomic E-state index is 13.5. The van der Waals surface area contributed by atoms with Crippen molar-refractivity contribution in [2.45, 2.75) is 30.2 Å². The van der Waals surface area contributed by atoms with Gasteiger partial charge in [0.2, 0.25) is 10.0 Å². The van der Waals surface area contributed by atoms with Crippen LogP contribution in [0.2, 0.25) is 0 Å². The number of hydrogen-bond donors (Lipinski definition) is 2. The number of sulfonamides is 1. The fraction of sp³-hybridized carbons (Fsp3) is 0.500. The zero-order chi connectivity index (χ0) is 14.0. The first-order valence-electron chi connectivity index (χ1n) is 6.11. The number of nitrogens with two attached hydrogens (primary N) is 1. The second-order valence-electron chi connectivity index (χ2n) is 4.73. The lowest BCUT2D eigenvalue weighted by molar-refractivity contribution is 0.450. The van der Waals surface area contributed by atoms with Gasteiger partial charge in [-0.3, -0.25) is 0 Å². The molecule has 106 valence electrons.